The Labute approximate surface area is 129 Å². The third-order valence-electron chi connectivity index (χ3n) is 2.44. The molecule has 22 heavy (non-hydrogen) atoms. The molecule has 0 spiro atoms. The molecule has 0 bridgehead atoms. The molecule has 0 aromatic carbocycles. The Morgan fingerprint density at radius 2 is 1.73 bits per heavy atom. The van der Waals surface area contributed by atoms with Crippen molar-refractivity contribution in [3.8, 4) is 0 Å². The second kappa shape index (κ2) is 6.51. The Kier molecular flexibility index (Phi) is 5.77. The molecule has 1 rings (SSSR count). The third-order valence-corrected chi connectivity index (χ3v) is 5.95. The maximum atomic E-state index is 12.6. The minimum Gasteiger partial charge on any atom is -0.395 e. The van der Waals surface area contributed by atoms with E-state index >= 15 is 0 Å². The Balaban J connectivity index is 3.18. The van der Waals surface area contributed by atoms with Gasteiger partial charge in [0.05, 0.1) is 17.7 Å². The molecular weight excluding hydrogens is 384 g/mol. The van der Waals surface area contributed by atoms with E-state index in [1.807, 2.05) is 0 Å². The maximum Gasteiger partial charge on any atom is 0.402 e. The van der Waals surface area contributed by atoms with Gasteiger partial charge in [0.2, 0.25) is 0 Å². The Hall–Kier alpha value is -0.560. The lowest BCUT2D eigenvalue weighted by molar-refractivity contribution is -0.292. The van der Waals surface area contributed by atoms with Gasteiger partial charge in [-0.25, -0.2) is 13.1 Å². The fourth-order valence-electron chi connectivity index (χ4n) is 1.58. The molecule has 1 aromatic heterocycles. The van der Waals surface area contributed by atoms with E-state index in [0.29, 0.717) is 11.3 Å². The number of thiophene rings is 1. The van der Waals surface area contributed by atoms with E-state index in [0.717, 1.165) is 6.07 Å². The fourth-order valence-corrected chi connectivity index (χ4v) is 4.52. The molecule has 0 radical (unpaired) electrons. The zero-order valence-electron chi connectivity index (χ0n) is 10.2. The van der Waals surface area contributed by atoms with Gasteiger partial charge in [0.25, 0.3) is 10.0 Å². The van der Waals surface area contributed by atoms with Crippen molar-refractivity contribution in [1.82, 2.24) is 4.72 Å². The van der Waals surface area contributed by atoms with Gasteiger partial charge in [-0.05, 0) is 11.4 Å². The first kappa shape index (κ1) is 19.5. The largest absolute Gasteiger partial charge is 0.402 e. The summed E-state index contributed by atoms with van der Waals surface area (Å²) in [5.74, 6) is -4.06. The van der Waals surface area contributed by atoms with Crippen LogP contribution in [-0.4, -0.2) is 38.5 Å². The first-order valence-corrected chi connectivity index (χ1v) is 8.04. The van der Waals surface area contributed by atoms with Crippen molar-refractivity contribution in [2.24, 2.45) is 5.92 Å². The van der Waals surface area contributed by atoms with Crippen LogP contribution in [-0.2, 0) is 10.0 Å². The monoisotopic (exact) mass is 391 g/mol. The zero-order valence-corrected chi connectivity index (χ0v) is 12.6. The number of hydrogen-bond acceptors (Lipinski definition) is 4. The lowest BCUT2D eigenvalue weighted by atomic mass is 10.00. The number of aliphatic hydroxyl groups is 1. The van der Waals surface area contributed by atoms with E-state index in [4.69, 9.17) is 16.7 Å². The van der Waals surface area contributed by atoms with E-state index in [9.17, 15) is 34.8 Å². The molecule has 0 aliphatic carbocycles. The van der Waals surface area contributed by atoms with Crippen LogP contribution in [0, 0.1) is 5.92 Å². The van der Waals surface area contributed by atoms with Crippen molar-refractivity contribution < 1.29 is 39.9 Å². The van der Waals surface area contributed by atoms with Crippen molar-refractivity contribution in [3.05, 3.63) is 16.5 Å². The summed E-state index contributed by atoms with van der Waals surface area (Å²) in [6, 6.07) is -1.72. The Bertz CT molecular complexity index is 598. The molecule has 4 nitrogen and oxygen atoms in total. The number of rotatable bonds is 5. The average molecular weight is 392 g/mol. The summed E-state index contributed by atoms with van der Waals surface area (Å²) in [4.78, 5) is 0. The van der Waals surface area contributed by atoms with Gasteiger partial charge in [0.1, 0.15) is 0 Å². The van der Waals surface area contributed by atoms with Gasteiger partial charge >= 0.3 is 12.4 Å². The smallest absolute Gasteiger partial charge is 0.395 e. The molecule has 0 saturated heterocycles. The lowest BCUT2D eigenvalue weighted by Gasteiger charge is -2.29. The van der Waals surface area contributed by atoms with E-state index in [2.05, 4.69) is 0 Å². The summed E-state index contributed by atoms with van der Waals surface area (Å²) >= 11 is 6.00. The predicted molar refractivity (Wildman–Crippen MR) is 66.1 cm³/mol. The molecule has 0 amide bonds. The van der Waals surface area contributed by atoms with Crippen LogP contribution in [0.3, 0.4) is 0 Å². The summed E-state index contributed by atoms with van der Waals surface area (Å²) < 4.78 is 99.6. The molecule has 13 heteroatoms. The molecule has 2 N–H and O–H groups in total. The van der Waals surface area contributed by atoms with E-state index in [-0.39, 0.29) is 5.02 Å². The molecule has 0 saturated carbocycles. The first-order valence-electron chi connectivity index (χ1n) is 5.30. The second-order valence-electron chi connectivity index (χ2n) is 4.03. The SMILES string of the molecule is O=S(=O)(N[C@H](CO)C(C(F)(F)F)C(F)(F)F)c1sccc1Cl. The van der Waals surface area contributed by atoms with Crippen LogP contribution in [0.15, 0.2) is 15.7 Å². The lowest BCUT2D eigenvalue weighted by Crippen LogP contribution is -2.54. The highest BCUT2D eigenvalue weighted by molar-refractivity contribution is 7.91. The van der Waals surface area contributed by atoms with Crippen molar-refractivity contribution in [2.75, 3.05) is 6.61 Å². The summed E-state index contributed by atoms with van der Waals surface area (Å²) in [5.41, 5.74) is 0. The molecular formula is C9H8ClF6NO3S2. The van der Waals surface area contributed by atoms with E-state index in [1.54, 1.807) is 0 Å². The van der Waals surface area contributed by atoms with Crippen LogP contribution in [0.4, 0.5) is 26.3 Å². The number of hydrogen-bond donors (Lipinski definition) is 2. The summed E-state index contributed by atoms with van der Waals surface area (Å²) in [6.07, 6.45) is -11.6. The van der Waals surface area contributed by atoms with Gasteiger partial charge < -0.3 is 5.11 Å². The van der Waals surface area contributed by atoms with Crippen molar-refractivity contribution in [1.29, 1.82) is 0 Å². The van der Waals surface area contributed by atoms with Crippen molar-refractivity contribution >= 4 is 33.0 Å². The number of nitrogens with one attached hydrogen (secondary N) is 1. The zero-order chi connectivity index (χ0) is 17.3. The molecule has 0 unspecified atom stereocenters. The number of halogens is 7. The van der Waals surface area contributed by atoms with Crippen LogP contribution in [0.25, 0.3) is 0 Å². The Morgan fingerprint density at radius 1 is 1.23 bits per heavy atom. The van der Waals surface area contributed by atoms with Gasteiger partial charge in [-0.3, -0.25) is 0 Å². The summed E-state index contributed by atoms with van der Waals surface area (Å²) in [6.45, 7) is -1.70. The maximum absolute atomic E-state index is 12.6. The molecule has 1 aromatic rings. The minimum atomic E-state index is -5.80. The Morgan fingerprint density at radius 3 is 2.05 bits per heavy atom. The number of sulfonamides is 1. The molecule has 0 fully saturated rings. The van der Waals surface area contributed by atoms with E-state index < -0.39 is 45.2 Å². The quantitative estimate of drug-likeness (QED) is 0.759. The minimum absolute atomic E-state index is 0.357. The number of alkyl halides is 6. The van der Waals surface area contributed by atoms with Gasteiger partial charge in [0.15, 0.2) is 10.1 Å². The van der Waals surface area contributed by atoms with Crippen LogP contribution in [0.5, 0.6) is 0 Å². The van der Waals surface area contributed by atoms with Crippen LogP contribution in [0.1, 0.15) is 0 Å². The van der Waals surface area contributed by atoms with Crippen molar-refractivity contribution in [3.63, 3.8) is 0 Å². The molecule has 0 aliphatic heterocycles. The van der Waals surface area contributed by atoms with Gasteiger partial charge in [-0.15, -0.1) is 11.3 Å². The first-order chi connectivity index (χ1) is 9.80. The average Bonchev–Trinajstić information content (AvgIpc) is 2.71. The standard InChI is InChI=1S/C9H8ClF6NO3S2/c10-4-1-2-21-7(4)22(19,20)17-5(3-18)6(8(11,12)13)9(14,15)16/h1-2,5-6,17-18H,3H2/t5-/m1/s1. The van der Waals surface area contributed by atoms with Crippen LogP contribution < -0.4 is 4.72 Å². The normalized spacial score (nSPS) is 15.3. The topological polar surface area (TPSA) is 66.4 Å². The van der Waals surface area contributed by atoms with E-state index in [1.165, 1.54) is 10.1 Å². The van der Waals surface area contributed by atoms with Gasteiger partial charge in [-0.2, -0.15) is 26.3 Å². The van der Waals surface area contributed by atoms with Crippen LogP contribution >= 0.6 is 22.9 Å². The van der Waals surface area contributed by atoms with Gasteiger partial charge in [-0.1, -0.05) is 11.6 Å². The highest BCUT2D eigenvalue weighted by atomic mass is 35.5. The predicted octanol–water partition coefficient (Wildman–Crippen LogP) is 2.78. The highest BCUT2D eigenvalue weighted by Crippen LogP contribution is 2.42. The number of aliphatic hydroxyl groups excluding tert-OH is 1. The molecule has 128 valence electrons. The van der Waals surface area contributed by atoms with Gasteiger partial charge in [0, 0.05) is 0 Å². The van der Waals surface area contributed by atoms with Crippen LogP contribution in [0.2, 0.25) is 5.02 Å². The summed E-state index contributed by atoms with van der Waals surface area (Å²) in [5, 5.41) is 9.63. The molecule has 0 aliphatic rings. The second-order valence-corrected chi connectivity index (χ2v) is 7.26. The van der Waals surface area contributed by atoms with Crippen molar-refractivity contribution in [2.45, 2.75) is 22.6 Å². The molecule has 1 heterocycles. The third kappa shape index (κ3) is 4.47. The summed E-state index contributed by atoms with van der Waals surface area (Å²) in [7, 11) is -4.75. The highest BCUT2D eigenvalue weighted by Gasteiger charge is 2.60. The molecule has 1 atom stereocenters. The fraction of sp³-hybridized carbons (Fsp3) is 0.556.